The zero-order valence-corrected chi connectivity index (χ0v) is 17.4. The number of rotatable bonds is 7. The number of hydrogen-bond donors (Lipinski definition) is 1. The maximum atomic E-state index is 12.1. The summed E-state index contributed by atoms with van der Waals surface area (Å²) in [6.07, 6.45) is 0. The monoisotopic (exact) mass is 393 g/mol. The zero-order chi connectivity index (χ0) is 18.4. The molecule has 25 heavy (non-hydrogen) atoms. The van der Waals surface area contributed by atoms with Crippen molar-refractivity contribution < 1.29 is 4.79 Å². The van der Waals surface area contributed by atoms with Crippen LogP contribution in [0.1, 0.15) is 33.3 Å². The van der Waals surface area contributed by atoms with Gasteiger partial charge in [0, 0.05) is 11.4 Å². The fraction of sp³-hybridized carbons (Fsp3) is 0.389. The second-order valence-electron chi connectivity index (χ2n) is 6.74. The average Bonchev–Trinajstić information content (AvgIpc) is 2.98. The highest BCUT2D eigenvalue weighted by molar-refractivity contribution is 8.03. The van der Waals surface area contributed by atoms with Gasteiger partial charge < -0.3 is 5.32 Å². The maximum absolute atomic E-state index is 12.1. The third kappa shape index (κ3) is 6.84. The van der Waals surface area contributed by atoms with E-state index in [1.807, 2.05) is 19.1 Å². The van der Waals surface area contributed by atoms with Gasteiger partial charge in [-0.15, -0.1) is 10.2 Å². The van der Waals surface area contributed by atoms with Crippen LogP contribution in [0.4, 0.5) is 5.69 Å². The lowest BCUT2D eigenvalue weighted by molar-refractivity contribution is -0.113. The molecule has 1 N–H and O–H groups in total. The van der Waals surface area contributed by atoms with Crippen LogP contribution in [-0.4, -0.2) is 27.6 Å². The quantitative estimate of drug-likeness (QED) is 0.515. The van der Waals surface area contributed by atoms with Crippen LogP contribution in [0, 0.1) is 0 Å². The van der Waals surface area contributed by atoms with Crippen LogP contribution in [0.5, 0.6) is 0 Å². The first kappa shape index (κ1) is 20.0. The predicted molar refractivity (Wildman–Crippen MR) is 110 cm³/mol. The van der Waals surface area contributed by atoms with Crippen molar-refractivity contribution in [2.24, 2.45) is 0 Å². The van der Waals surface area contributed by atoms with Crippen molar-refractivity contribution in [3.8, 4) is 0 Å². The molecule has 0 unspecified atom stereocenters. The summed E-state index contributed by atoms with van der Waals surface area (Å²) in [7, 11) is 0. The molecule has 7 heteroatoms. The van der Waals surface area contributed by atoms with Crippen LogP contribution in [0.2, 0.25) is 0 Å². The third-order valence-electron chi connectivity index (χ3n) is 3.19. The standard InChI is InChI=1S/C18H23N3OS3/c1-12(2)10-23-16-20-21-17(25-16)24-11-15(22)19-14-8-6-13(7-9-14)18(3,4)5/h6-9H,1,10-11H2,2-5H3,(H,19,22). The fourth-order valence-electron chi connectivity index (χ4n) is 1.88. The van der Waals surface area contributed by atoms with E-state index in [0.717, 1.165) is 25.7 Å². The van der Waals surface area contributed by atoms with E-state index in [4.69, 9.17) is 0 Å². The Hall–Kier alpha value is -1.31. The Kier molecular flexibility index (Phi) is 7.10. The van der Waals surface area contributed by atoms with Crippen LogP contribution in [-0.2, 0) is 10.2 Å². The number of nitrogens with zero attached hydrogens (tertiary/aromatic N) is 2. The van der Waals surface area contributed by atoms with Crippen molar-refractivity contribution >= 4 is 46.5 Å². The number of benzene rings is 1. The summed E-state index contributed by atoms with van der Waals surface area (Å²) >= 11 is 4.54. The lowest BCUT2D eigenvalue weighted by Crippen LogP contribution is -2.15. The second kappa shape index (κ2) is 8.87. The summed E-state index contributed by atoms with van der Waals surface area (Å²) in [6, 6.07) is 8.00. The van der Waals surface area contributed by atoms with Gasteiger partial charge in [0.05, 0.1) is 5.75 Å². The average molecular weight is 394 g/mol. The van der Waals surface area contributed by atoms with Crippen LogP contribution in [0.25, 0.3) is 0 Å². The number of nitrogens with one attached hydrogen (secondary N) is 1. The molecular formula is C18H23N3OS3. The molecular weight excluding hydrogens is 370 g/mol. The van der Waals surface area contributed by atoms with Gasteiger partial charge in [0.15, 0.2) is 8.68 Å². The third-order valence-corrected chi connectivity index (χ3v) is 6.61. The van der Waals surface area contributed by atoms with Gasteiger partial charge in [-0.05, 0) is 30.0 Å². The number of carbonyl (C=O) groups is 1. The van der Waals surface area contributed by atoms with Gasteiger partial charge in [-0.3, -0.25) is 4.79 Å². The zero-order valence-electron chi connectivity index (χ0n) is 15.0. The summed E-state index contributed by atoms with van der Waals surface area (Å²) in [6.45, 7) is 12.4. The summed E-state index contributed by atoms with van der Waals surface area (Å²) in [5, 5.41) is 11.2. The molecule has 1 amide bonds. The molecule has 134 valence electrons. The van der Waals surface area contributed by atoms with E-state index < -0.39 is 0 Å². The van der Waals surface area contributed by atoms with E-state index in [0.29, 0.717) is 5.75 Å². The Bertz CT molecular complexity index is 733. The first-order chi connectivity index (χ1) is 11.7. The van der Waals surface area contributed by atoms with Crippen molar-refractivity contribution in [2.75, 3.05) is 16.8 Å². The van der Waals surface area contributed by atoms with Crippen molar-refractivity contribution in [1.29, 1.82) is 0 Å². The van der Waals surface area contributed by atoms with Gasteiger partial charge in [-0.25, -0.2) is 0 Å². The molecule has 0 aliphatic rings. The molecule has 2 rings (SSSR count). The first-order valence-corrected chi connectivity index (χ1v) is 10.7. The number of carbonyl (C=O) groups excluding carboxylic acids is 1. The Morgan fingerprint density at radius 2 is 1.68 bits per heavy atom. The van der Waals surface area contributed by atoms with Crippen molar-refractivity contribution in [2.45, 2.75) is 41.8 Å². The molecule has 0 fully saturated rings. The predicted octanol–water partition coefficient (Wildman–Crippen LogP) is 5.23. The Labute approximate surface area is 161 Å². The van der Waals surface area contributed by atoms with E-state index in [1.165, 1.54) is 28.7 Å². The number of amides is 1. The number of anilines is 1. The van der Waals surface area contributed by atoms with Gasteiger partial charge in [0.2, 0.25) is 5.91 Å². The van der Waals surface area contributed by atoms with E-state index in [9.17, 15) is 4.79 Å². The Morgan fingerprint density at radius 1 is 1.12 bits per heavy atom. The lowest BCUT2D eigenvalue weighted by atomic mass is 9.87. The van der Waals surface area contributed by atoms with Crippen molar-refractivity contribution in [1.82, 2.24) is 10.2 Å². The van der Waals surface area contributed by atoms with Gasteiger partial charge in [-0.2, -0.15) is 0 Å². The van der Waals surface area contributed by atoms with Crippen LogP contribution in [0.15, 0.2) is 45.1 Å². The number of hydrogen-bond acceptors (Lipinski definition) is 6. The van der Waals surface area contributed by atoms with Gasteiger partial charge >= 0.3 is 0 Å². The second-order valence-corrected chi connectivity index (χ2v) is 10.2. The minimum atomic E-state index is -0.0418. The number of aromatic nitrogens is 2. The Balaban J connectivity index is 1.81. The topological polar surface area (TPSA) is 54.9 Å². The summed E-state index contributed by atoms with van der Waals surface area (Å²) in [4.78, 5) is 12.1. The first-order valence-electron chi connectivity index (χ1n) is 7.88. The molecule has 1 heterocycles. The summed E-state index contributed by atoms with van der Waals surface area (Å²) in [5.74, 6) is 1.12. The normalized spacial score (nSPS) is 11.4. The van der Waals surface area contributed by atoms with Gasteiger partial charge in [0.25, 0.3) is 0 Å². The smallest absolute Gasteiger partial charge is 0.234 e. The number of thioether (sulfide) groups is 2. The SMILES string of the molecule is C=C(C)CSc1nnc(SCC(=O)Nc2ccc(C(C)(C)C)cc2)s1. The Morgan fingerprint density at radius 3 is 2.20 bits per heavy atom. The lowest BCUT2D eigenvalue weighted by Gasteiger charge is -2.19. The summed E-state index contributed by atoms with van der Waals surface area (Å²) < 4.78 is 1.71. The molecule has 0 aliphatic carbocycles. The van der Waals surface area contributed by atoms with E-state index in [-0.39, 0.29) is 11.3 Å². The molecule has 0 saturated carbocycles. The maximum Gasteiger partial charge on any atom is 0.234 e. The highest BCUT2D eigenvalue weighted by Crippen LogP contribution is 2.29. The molecule has 0 radical (unpaired) electrons. The highest BCUT2D eigenvalue weighted by atomic mass is 32.2. The molecule has 4 nitrogen and oxygen atoms in total. The van der Waals surface area contributed by atoms with Crippen LogP contribution in [0.3, 0.4) is 0 Å². The summed E-state index contributed by atoms with van der Waals surface area (Å²) in [5.41, 5.74) is 3.27. The molecule has 0 spiro atoms. The largest absolute Gasteiger partial charge is 0.325 e. The molecule has 1 aromatic heterocycles. The van der Waals surface area contributed by atoms with Crippen LogP contribution < -0.4 is 5.32 Å². The van der Waals surface area contributed by atoms with E-state index in [1.54, 1.807) is 11.8 Å². The minimum Gasteiger partial charge on any atom is -0.325 e. The molecule has 0 bridgehead atoms. The minimum absolute atomic E-state index is 0.0418. The molecule has 0 saturated heterocycles. The molecule has 2 aromatic rings. The molecule has 0 atom stereocenters. The van der Waals surface area contributed by atoms with Crippen molar-refractivity contribution in [3.05, 3.63) is 42.0 Å². The van der Waals surface area contributed by atoms with E-state index in [2.05, 4.69) is 55.0 Å². The van der Waals surface area contributed by atoms with Gasteiger partial charge in [-0.1, -0.05) is 79.9 Å². The molecule has 0 aliphatic heterocycles. The molecule has 1 aromatic carbocycles. The highest BCUT2D eigenvalue weighted by Gasteiger charge is 2.13. The van der Waals surface area contributed by atoms with Crippen LogP contribution >= 0.6 is 34.9 Å². The van der Waals surface area contributed by atoms with Crippen molar-refractivity contribution in [3.63, 3.8) is 0 Å². The van der Waals surface area contributed by atoms with Gasteiger partial charge in [0.1, 0.15) is 0 Å². The van der Waals surface area contributed by atoms with E-state index >= 15 is 0 Å². The fourth-order valence-corrected chi connectivity index (χ4v) is 4.54.